The van der Waals surface area contributed by atoms with Gasteiger partial charge in [-0.1, -0.05) is 18.2 Å². The fraction of sp³-hybridized carbons (Fsp3) is 0.211. The summed E-state index contributed by atoms with van der Waals surface area (Å²) in [5, 5.41) is 4.04. The summed E-state index contributed by atoms with van der Waals surface area (Å²) in [5.74, 6) is -0.0827. The number of aryl methyl sites for hydroxylation is 1. The van der Waals surface area contributed by atoms with Gasteiger partial charge in [-0.2, -0.15) is 0 Å². The Labute approximate surface area is 154 Å². The number of para-hydroxylation sites is 1. The van der Waals surface area contributed by atoms with Gasteiger partial charge in [0.1, 0.15) is 5.75 Å². The maximum absolute atomic E-state index is 12.1. The van der Waals surface area contributed by atoms with Crippen LogP contribution in [0.4, 0.5) is 18.9 Å². The second-order valence-electron chi connectivity index (χ2n) is 5.93. The van der Waals surface area contributed by atoms with Gasteiger partial charge in [-0.3, -0.25) is 4.99 Å². The van der Waals surface area contributed by atoms with Crippen LogP contribution in [0.1, 0.15) is 12.0 Å². The van der Waals surface area contributed by atoms with E-state index in [0.717, 1.165) is 18.4 Å². The number of aliphatic imine (C=N–C) groups is 1. The number of aromatic amines is 1. The predicted molar refractivity (Wildman–Crippen MR) is 99.9 cm³/mol. The van der Waals surface area contributed by atoms with Crippen molar-refractivity contribution < 1.29 is 17.9 Å². The first kappa shape index (κ1) is 18.6. The molecular weight excluding hydrogens is 357 g/mol. The molecule has 0 radical (unpaired) electrons. The topological polar surface area (TPSA) is 75.4 Å². The van der Waals surface area contributed by atoms with Crippen LogP contribution in [0, 0.1) is 0 Å². The summed E-state index contributed by atoms with van der Waals surface area (Å²) < 4.78 is 40.2. The molecule has 0 aliphatic carbocycles. The zero-order chi connectivity index (χ0) is 19.3. The second-order valence-corrected chi connectivity index (χ2v) is 5.93. The van der Waals surface area contributed by atoms with E-state index in [1.165, 1.54) is 35.2 Å². The molecule has 0 aliphatic heterocycles. The van der Waals surface area contributed by atoms with Crippen molar-refractivity contribution in [3.05, 3.63) is 60.3 Å². The average Bonchev–Trinajstić information content (AvgIpc) is 3.02. The molecule has 8 heteroatoms. The quantitative estimate of drug-likeness (QED) is 0.339. The number of benzene rings is 2. The molecule has 0 aliphatic rings. The number of hydrogen-bond donors (Lipinski definition) is 3. The van der Waals surface area contributed by atoms with Crippen LogP contribution < -0.4 is 15.8 Å². The summed E-state index contributed by atoms with van der Waals surface area (Å²) in [6.45, 7) is 0.535. The lowest BCUT2D eigenvalue weighted by molar-refractivity contribution is -0.274. The lowest BCUT2D eigenvalue weighted by Gasteiger charge is -2.10. The molecule has 0 bridgehead atoms. The highest BCUT2D eigenvalue weighted by Gasteiger charge is 2.30. The molecule has 3 rings (SSSR count). The third-order valence-electron chi connectivity index (χ3n) is 3.92. The number of anilines is 1. The first-order valence-corrected chi connectivity index (χ1v) is 8.38. The average molecular weight is 376 g/mol. The van der Waals surface area contributed by atoms with Crippen molar-refractivity contribution in [2.75, 3.05) is 11.9 Å². The van der Waals surface area contributed by atoms with Gasteiger partial charge in [0.15, 0.2) is 5.96 Å². The minimum atomic E-state index is -4.71. The Balaban J connectivity index is 1.48. The van der Waals surface area contributed by atoms with Crippen molar-refractivity contribution >= 4 is 22.5 Å². The van der Waals surface area contributed by atoms with Crippen LogP contribution in [0.15, 0.2) is 59.7 Å². The molecule has 0 spiro atoms. The number of nitrogens with one attached hydrogen (secondary N) is 2. The fourth-order valence-electron chi connectivity index (χ4n) is 2.73. The molecule has 0 fully saturated rings. The van der Waals surface area contributed by atoms with Gasteiger partial charge in [-0.05, 0) is 48.7 Å². The largest absolute Gasteiger partial charge is 0.573 e. The maximum atomic E-state index is 12.1. The summed E-state index contributed by atoms with van der Waals surface area (Å²) in [6.07, 6.45) is -1.02. The summed E-state index contributed by atoms with van der Waals surface area (Å²) in [7, 11) is 0. The Morgan fingerprint density at radius 3 is 2.59 bits per heavy atom. The van der Waals surface area contributed by atoms with E-state index in [-0.39, 0.29) is 11.7 Å². The normalized spacial score (nSPS) is 12.3. The number of ether oxygens (including phenoxy) is 1. The molecule has 27 heavy (non-hydrogen) atoms. The molecule has 5 nitrogen and oxygen atoms in total. The number of H-pyrrole nitrogens is 1. The van der Waals surface area contributed by atoms with Gasteiger partial charge >= 0.3 is 6.36 Å². The summed E-state index contributed by atoms with van der Waals surface area (Å²) >= 11 is 0. The zero-order valence-corrected chi connectivity index (χ0v) is 14.4. The number of nitrogens with zero attached hydrogens (tertiary/aromatic N) is 1. The molecule has 1 aromatic heterocycles. The van der Waals surface area contributed by atoms with E-state index in [4.69, 9.17) is 5.73 Å². The Kier molecular flexibility index (Phi) is 5.54. The Morgan fingerprint density at radius 2 is 1.85 bits per heavy atom. The number of hydrogen-bond acceptors (Lipinski definition) is 2. The molecule has 3 aromatic rings. The summed E-state index contributed by atoms with van der Waals surface area (Å²) in [6, 6.07) is 13.4. The monoisotopic (exact) mass is 376 g/mol. The number of nitrogens with two attached hydrogens (primary N) is 1. The number of alkyl halides is 3. The van der Waals surface area contributed by atoms with Crippen LogP contribution in [0.3, 0.4) is 0 Å². The van der Waals surface area contributed by atoms with Crippen LogP contribution >= 0.6 is 0 Å². The highest BCUT2D eigenvalue weighted by Crippen LogP contribution is 2.24. The number of rotatable bonds is 6. The predicted octanol–water partition coefficient (Wildman–Crippen LogP) is 4.43. The first-order valence-electron chi connectivity index (χ1n) is 8.38. The highest BCUT2D eigenvalue weighted by atomic mass is 19.4. The zero-order valence-electron chi connectivity index (χ0n) is 14.4. The van der Waals surface area contributed by atoms with Crippen LogP contribution in [-0.4, -0.2) is 23.9 Å². The molecule has 0 unspecified atom stereocenters. The van der Waals surface area contributed by atoms with E-state index in [2.05, 4.69) is 26.1 Å². The van der Waals surface area contributed by atoms with Crippen LogP contribution in [0.25, 0.3) is 10.9 Å². The van der Waals surface area contributed by atoms with E-state index in [1.54, 1.807) is 0 Å². The Bertz CT molecular complexity index is 917. The van der Waals surface area contributed by atoms with E-state index in [9.17, 15) is 13.2 Å². The number of aromatic nitrogens is 1. The smallest absolute Gasteiger partial charge is 0.406 e. The van der Waals surface area contributed by atoms with Crippen molar-refractivity contribution in [2.45, 2.75) is 19.2 Å². The number of fused-ring (bicyclic) bond motifs is 1. The third kappa shape index (κ3) is 5.40. The molecule has 0 atom stereocenters. The van der Waals surface area contributed by atoms with Gasteiger partial charge in [0, 0.05) is 29.3 Å². The van der Waals surface area contributed by atoms with Crippen molar-refractivity contribution in [3.8, 4) is 5.75 Å². The molecule has 1 heterocycles. The van der Waals surface area contributed by atoms with E-state index in [1.807, 2.05) is 24.4 Å². The van der Waals surface area contributed by atoms with Gasteiger partial charge in [-0.15, -0.1) is 13.2 Å². The van der Waals surface area contributed by atoms with E-state index >= 15 is 0 Å². The lowest BCUT2D eigenvalue weighted by Crippen LogP contribution is -2.23. The van der Waals surface area contributed by atoms with Gasteiger partial charge in [0.05, 0.1) is 0 Å². The van der Waals surface area contributed by atoms with Gasteiger partial charge in [-0.25, -0.2) is 0 Å². The third-order valence-corrected chi connectivity index (χ3v) is 3.92. The Hall–Kier alpha value is -3.16. The highest BCUT2D eigenvalue weighted by molar-refractivity contribution is 5.92. The summed E-state index contributed by atoms with van der Waals surface area (Å²) in [5.41, 5.74) is 8.68. The molecule has 0 amide bonds. The molecule has 2 aromatic carbocycles. The second kappa shape index (κ2) is 8.03. The van der Waals surface area contributed by atoms with Gasteiger partial charge in [0.25, 0.3) is 0 Å². The van der Waals surface area contributed by atoms with Crippen molar-refractivity contribution in [2.24, 2.45) is 10.7 Å². The van der Waals surface area contributed by atoms with Crippen LogP contribution in [-0.2, 0) is 6.42 Å². The number of halogens is 3. The maximum Gasteiger partial charge on any atom is 0.573 e. The molecule has 4 N–H and O–H groups in total. The lowest BCUT2D eigenvalue weighted by atomic mass is 10.1. The first-order chi connectivity index (χ1) is 12.9. The fourth-order valence-corrected chi connectivity index (χ4v) is 2.73. The van der Waals surface area contributed by atoms with Crippen molar-refractivity contribution in [3.63, 3.8) is 0 Å². The van der Waals surface area contributed by atoms with Gasteiger partial charge in [0.2, 0.25) is 0 Å². The molecule has 142 valence electrons. The van der Waals surface area contributed by atoms with Crippen LogP contribution in [0.2, 0.25) is 0 Å². The minimum Gasteiger partial charge on any atom is -0.406 e. The van der Waals surface area contributed by atoms with Crippen LogP contribution in [0.5, 0.6) is 5.75 Å². The standard InChI is InChI=1S/C19H19F3N4O/c20-19(21,22)27-15-9-7-14(8-10-15)26-18(23)24-11-3-4-13-12-25-17-6-2-1-5-16(13)17/h1-2,5-10,12,25H,3-4,11H2,(H3,23,24,26). The van der Waals surface area contributed by atoms with E-state index in [0.29, 0.717) is 12.2 Å². The number of guanidine groups is 1. The molecular formula is C19H19F3N4O. The van der Waals surface area contributed by atoms with Crippen molar-refractivity contribution in [1.29, 1.82) is 0 Å². The van der Waals surface area contributed by atoms with Crippen molar-refractivity contribution in [1.82, 2.24) is 4.98 Å². The summed E-state index contributed by atoms with van der Waals surface area (Å²) in [4.78, 5) is 7.48. The minimum absolute atomic E-state index is 0.207. The van der Waals surface area contributed by atoms with E-state index < -0.39 is 6.36 Å². The molecule has 0 saturated carbocycles. The molecule has 0 saturated heterocycles. The van der Waals surface area contributed by atoms with Gasteiger partial charge < -0.3 is 20.8 Å². The Morgan fingerprint density at radius 1 is 1.11 bits per heavy atom. The SMILES string of the molecule is NC(=NCCCc1c[nH]c2ccccc12)Nc1ccc(OC(F)(F)F)cc1.